The van der Waals surface area contributed by atoms with Crippen LogP contribution in [0.5, 0.6) is 0 Å². The van der Waals surface area contributed by atoms with E-state index in [9.17, 15) is 4.79 Å². The Hall–Kier alpha value is -3.04. The van der Waals surface area contributed by atoms with Crippen molar-refractivity contribution < 1.29 is 4.79 Å². The zero-order valence-corrected chi connectivity index (χ0v) is 16.3. The molecule has 29 heavy (non-hydrogen) atoms. The number of piperazine rings is 1. The molecule has 150 valence electrons. The largest absolute Gasteiger partial charge is 0.353 e. The summed E-state index contributed by atoms with van der Waals surface area (Å²) in [4.78, 5) is 25.7. The van der Waals surface area contributed by atoms with Crippen molar-refractivity contribution >= 4 is 22.8 Å². The van der Waals surface area contributed by atoms with Gasteiger partial charge in [0.15, 0.2) is 5.65 Å². The highest BCUT2D eigenvalue weighted by molar-refractivity contribution is 5.86. The van der Waals surface area contributed by atoms with Gasteiger partial charge in [0.25, 0.3) is 0 Å². The van der Waals surface area contributed by atoms with Gasteiger partial charge in [-0.25, -0.2) is 15.4 Å². The second-order valence-electron chi connectivity index (χ2n) is 7.58. The molecule has 2 saturated heterocycles. The summed E-state index contributed by atoms with van der Waals surface area (Å²) >= 11 is 0. The van der Waals surface area contributed by atoms with E-state index >= 15 is 0 Å². The summed E-state index contributed by atoms with van der Waals surface area (Å²) in [6.45, 7) is 3.44. The fourth-order valence-corrected chi connectivity index (χ4v) is 4.39. The zero-order chi connectivity index (χ0) is 19.8. The predicted molar refractivity (Wildman–Crippen MR) is 109 cm³/mol. The number of nitrogens with one attached hydrogen (secondary N) is 2. The summed E-state index contributed by atoms with van der Waals surface area (Å²) in [5.74, 6) is 0.972. The van der Waals surface area contributed by atoms with Crippen LogP contribution < -0.4 is 15.8 Å². The van der Waals surface area contributed by atoms with Crippen molar-refractivity contribution in [3.05, 3.63) is 48.4 Å². The molecule has 0 spiro atoms. The Bertz CT molecular complexity index is 1010. The summed E-state index contributed by atoms with van der Waals surface area (Å²) in [5, 5.41) is 5.29. The standard InChI is InChI=1S/C20H24N8O/c1-26-19-15(12-23-26)20(22-13-21-19)28-9-7-27(8-10-28)16-11-17(29)24-25-18(16)14-5-3-2-4-6-14/h2-6,12-13,16,18,25H,7-11H2,1H3,(H,24,29). The molecule has 2 aliphatic rings. The number of rotatable bonds is 3. The molecule has 1 aromatic carbocycles. The average molecular weight is 392 g/mol. The molecule has 4 heterocycles. The van der Waals surface area contributed by atoms with E-state index < -0.39 is 0 Å². The van der Waals surface area contributed by atoms with Crippen LogP contribution in [0.4, 0.5) is 5.82 Å². The van der Waals surface area contributed by atoms with Crippen molar-refractivity contribution in [1.29, 1.82) is 0 Å². The van der Waals surface area contributed by atoms with Gasteiger partial charge in [-0.3, -0.25) is 19.8 Å². The lowest BCUT2D eigenvalue weighted by Gasteiger charge is -2.44. The highest BCUT2D eigenvalue weighted by Crippen LogP contribution is 2.28. The summed E-state index contributed by atoms with van der Waals surface area (Å²) < 4.78 is 1.77. The maximum atomic E-state index is 12.1. The van der Waals surface area contributed by atoms with E-state index in [2.05, 4.69) is 47.9 Å². The number of amides is 1. The lowest BCUT2D eigenvalue weighted by atomic mass is 9.93. The van der Waals surface area contributed by atoms with Crippen LogP contribution in [0.1, 0.15) is 18.0 Å². The van der Waals surface area contributed by atoms with Crippen LogP contribution in [0.25, 0.3) is 11.0 Å². The molecular weight excluding hydrogens is 368 g/mol. The minimum Gasteiger partial charge on any atom is -0.353 e. The Morgan fingerprint density at radius 2 is 1.86 bits per heavy atom. The lowest BCUT2D eigenvalue weighted by molar-refractivity contribution is -0.126. The van der Waals surface area contributed by atoms with Crippen LogP contribution in [-0.2, 0) is 11.8 Å². The van der Waals surface area contributed by atoms with Gasteiger partial charge in [-0.05, 0) is 5.56 Å². The number of aryl methyl sites for hydroxylation is 1. The number of hydrogen-bond donors (Lipinski definition) is 2. The molecule has 2 atom stereocenters. The molecule has 1 amide bonds. The van der Waals surface area contributed by atoms with E-state index in [0.29, 0.717) is 6.42 Å². The predicted octanol–water partition coefficient (Wildman–Crippen LogP) is 0.620. The number of carbonyl (C=O) groups is 1. The minimum absolute atomic E-state index is 0.0393. The van der Waals surface area contributed by atoms with Gasteiger partial charge in [-0.15, -0.1) is 0 Å². The second kappa shape index (κ2) is 7.41. The van der Waals surface area contributed by atoms with Crippen LogP contribution in [0.15, 0.2) is 42.9 Å². The van der Waals surface area contributed by atoms with Gasteiger partial charge in [-0.1, -0.05) is 30.3 Å². The molecule has 0 aliphatic carbocycles. The Morgan fingerprint density at radius 1 is 1.07 bits per heavy atom. The molecule has 3 aromatic rings. The number of nitrogens with zero attached hydrogens (tertiary/aromatic N) is 6. The summed E-state index contributed by atoms with van der Waals surface area (Å²) in [7, 11) is 1.89. The molecule has 2 unspecified atom stereocenters. The van der Waals surface area contributed by atoms with Crippen LogP contribution in [0.3, 0.4) is 0 Å². The zero-order valence-electron chi connectivity index (χ0n) is 16.3. The molecule has 2 aromatic heterocycles. The summed E-state index contributed by atoms with van der Waals surface area (Å²) in [5.41, 5.74) is 8.05. The smallest absolute Gasteiger partial charge is 0.235 e. The third-order valence-corrected chi connectivity index (χ3v) is 5.90. The molecule has 2 aliphatic heterocycles. The van der Waals surface area contributed by atoms with Gasteiger partial charge in [0.05, 0.1) is 17.6 Å². The Balaban J connectivity index is 1.34. The Labute approximate surface area is 168 Å². The Morgan fingerprint density at radius 3 is 2.66 bits per heavy atom. The van der Waals surface area contributed by atoms with Crippen molar-refractivity contribution in [3.8, 4) is 0 Å². The van der Waals surface area contributed by atoms with Crippen molar-refractivity contribution in [2.45, 2.75) is 18.5 Å². The van der Waals surface area contributed by atoms with Crippen molar-refractivity contribution in [2.24, 2.45) is 7.05 Å². The number of hydrazine groups is 1. The maximum Gasteiger partial charge on any atom is 0.235 e. The quantitative estimate of drug-likeness (QED) is 0.675. The molecule has 0 radical (unpaired) electrons. The van der Waals surface area contributed by atoms with E-state index in [4.69, 9.17) is 0 Å². The number of fused-ring (bicyclic) bond motifs is 1. The van der Waals surface area contributed by atoms with Gasteiger partial charge in [0.1, 0.15) is 12.1 Å². The monoisotopic (exact) mass is 392 g/mol. The van der Waals surface area contributed by atoms with E-state index in [0.717, 1.165) is 43.0 Å². The molecule has 5 rings (SSSR count). The molecule has 9 nitrogen and oxygen atoms in total. The van der Waals surface area contributed by atoms with Gasteiger partial charge in [0, 0.05) is 45.7 Å². The summed E-state index contributed by atoms with van der Waals surface area (Å²) in [6.07, 6.45) is 3.93. The number of anilines is 1. The fraction of sp³-hybridized carbons (Fsp3) is 0.400. The SMILES string of the molecule is Cn1ncc2c(N3CCN(C4CC(=O)NNC4c4ccccc4)CC3)ncnc21. The number of benzene rings is 1. The van der Waals surface area contributed by atoms with Gasteiger partial charge in [0.2, 0.25) is 5.91 Å². The van der Waals surface area contributed by atoms with E-state index in [1.165, 1.54) is 5.56 Å². The average Bonchev–Trinajstić information content (AvgIpc) is 3.15. The van der Waals surface area contributed by atoms with Gasteiger partial charge in [-0.2, -0.15) is 5.10 Å². The van der Waals surface area contributed by atoms with Gasteiger partial charge < -0.3 is 4.90 Å². The third-order valence-electron chi connectivity index (χ3n) is 5.90. The highest BCUT2D eigenvalue weighted by Gasteiger charge is 2.36. The first kappa shape index (κ1) is 18.0. The first-order valence-electron chi connectivity index (χ1n) is 9.92. The van der Waals surface area contributed by atoms with Crippen molar-refractivity contribution in [3.63, 3.8) is 0 Å². The molecule has 0 bridgehead atoms. The second-order valence-corrected chi connectivity index (χ2v) is 7.58. The molecule has 2 N–H and O–H groups in total. The number of aromatic nitrogens is 4. The minimum atomic E-state index is 0.0393. The third kappa shape index (κ3) is 3.32. The van der Waals surface area contributed by atoms with E-state index in [1.807, 2.05) is 31.4 Å². The van der Waals surface area contributed by atoms with Crippen LogP contribution in [-0.4, -0.2) is 62.8 Å². The first-order valence-corrected chi connectivity index (χ1v) is 9.92. The maximum absolute atomic E-state index is 12.1. The van der Waals surface area contributed by atoms with Crippen LogP contribution in [0, 0.1) is 0 Å². The van der Waals surface area contributed by atoms with Crippen LogP contribution >= 0.6 is 0 Å². The fourth-order valence-electron chi connectivity index (χ4n) is 4.39. The normalized spacial score (nSPS) is 23.3. The molecule has 9 heteroatoms. The summed E-state index contributed by atoms with van der Waals surface area (Å²) in [6, 6.07) is 10.5. The molecular formula is C20H24N8O. The van der Waals surface area contributed by atoms with Crippen molar-refractivity contribution in [1.82, 2.24) is 35.5 Å². The first-order chi connectivity index (χ1) is 14.2. The molecule has 0 saturated carbocycles. The lowest BCUT2D eigenvalue weighted by Crippen LogP contribution is -2.60. The Kier molecular flexibility index (Phi) is 4.61. The van der Waals surface area contributed by atoms with Gasteiger partial charge >= 0.3 is 0 Å². The number of hydrogen-bond acceptors (Lipinski definition) is 7. The highest BCUT2D eigenvalue weighted by atomic mass is 16.2. The van der Waals surface area contributed by atoms with E-state index in [-0.39, 0.29) is 18.0 Å². The van der Waals surface area contributed by atoms with Crippen molar-refractivity contribution in [2.75, 3.05) is 31.1 Å². The topological polar surface area (TPSA) is 91.2 Å². The van der Waals surface area contributed by atoms with E-state index in [1.54, 1.807) is 11.0 Å². The molecule has 2 fully saturated rings. The van der Waals surface area contributed by atoms with Crippen LogP contribution in [0.2, 0.25) is 0 Å². The number of carbonyl (C=O) groups excluding carboxylic acids is 1.